The first-order valence-electron chi connectivity index (χ1n) is 5.96. The minimum absolute atomic E-state index is 0.266. The minimum Gasteiger partial charge on any atom is -0.380 e. The van der Waals surface area contributed by atoms with Gasteiger partial charge in [0.25, 0.3) is 0 Å². The van der Waals surface area contributed by atoms with Crippen LogP contribution in [0.3, 0.4) is 0 Å². The number of rotatable bonds is 3. The quantitative estimate of drug-likeness (QED) is 0.855. The number of nitrogens with zero attached hydrogens (tertiary/aromatic N) is 1. The van der Waals surface area contributed by atoms with Crippen LogP contribution in [-0.2, 0) is 6.42 Å². The number of benzene rings is 1. The predicted octanol–water partition coefficient (Wildman–Crippen LogP) is 2.73. The van der Waals surface area contributed by atoms with Crippen molar-refractivity contribution >= 4 is 0 Å². The van der Waals surface area contributed by atoms with Gasteiger partial charge in [-0.2, -0.15) is 0 Å². The summed E-state index contributed by atoms with van der Waals surface area (Å²) in [5.74, 6) is 1.97. The van der Waals surface area contributed by atoms with Crippen molar-refractivity contribution in [1.29, 1.82) is 0 Å². The molecular formula is C16H14FNO. The topological polar surface area (TPSA) is 33.1 Å². The van der Waals surface area contributed by atoms with Crippen molar-refractivity contribution in [1.82, 2.24) is 4.98 Å². The number of aromatic nitrogens is 1. The van der Waals surface area contributed by atoms with Gasteiger partial charge in [0, 0.05) is 29.4 Å². The summed E-state index contributed by atoms with van der Waals surface area (Å²) < 4.78 is 13.8. The van der Waals surface area contributed by atoms with Crippen molar-refractivity contribution in [3.63, 3.8) is 0 Å². The number of hydrogen-bond acceptors (Lipinski definition) is 2. The second kappa shape index (κ2) is 5.64. The van der Waals surface area contributed by atoms with Crippen LogP contribution in [0, 0.1) is 25.1 Å². The van der Waals surface area contributed by atoms with E-state index < -0.39 is 6.10 Å². The van der Waals surface area contributed by atoms with Crippen LogP contribution in [-0.4, -0.2) is 16.2 Å². The molecule has 1 unspecified atom stereocenters. The first-order chi connectivity index (χ1) is 9.10. The largest absolute Gasteiger partial charge is 0.380 e. The fourth-order valence-electron chi connectivity index (χ4n) is 1.82. The van der Waals surface area contributed by atoms with Gasteiger partial charge < -0.3 is 5.11 Å². The molecule has 0 radical (unpaired) electrons. The lowest BCUT2D eigenvalue weighted by Crippen LogP contribution is -2.08. The molecule has 2 aromatic rings. The Morgan fingerprint density at radius 2 is 2.16 bits per heavy atom. The average Bonchev–Trinajstić information content (AvgIpc) is 2.40. The van der Waals surface area contributed by atoms with Gasteiger partial charge in [-0.15, -0.1) is 6.42 Å². The molecule has 1 aromatic carbocycles. The van der Waals surface area contributed by atoms with Crippen LogP contribution in [0.4, 0.5) is 4.39 Å². The van der Waals surface area contributed by atoms with Gasteiger partial charge in [-0.3, -0.25) is 4.98 Å². The lowest BCUT2D eigenvalue weighted by molar-refractivity contribution is 0.232. The summed E-state index contributed by atoms with van der Waals surface area (Å²) in [6.07, 6.45) is 6.15. The third-order valence-electron chi connectivity index (χ3n) is 2.86. The van der Waals surface area contributed by atoms with Crippen molar-refractivity contribution in [3.05, 3.63) is 53.6 Å². The van der Waals surface area contributed by atoms with E-state index in [2.05, 4.69) is 10.9 Å². The fraction of sp³-hybridized carbons (Fsp3) is 0.188. The average molecular weight is 255 g/mol. The lowest BCUT2D eigenvalue weighted by Gasteiger charge is -2.06. The highest BCUT2D eigenvalue weighted by Gasteiger charge is 2.07. The van der Waals surface area contributed by atoms with Gasteiger partial charge in [0.2, 0.25) is 0 Å². The smallest absolute Gasteiger partial charge is 0.131 e. The van der Waals surface area contributed by atoms with Crippen molar-refractivity contribution in [3.8, 4) is 23.5 Å². The molecule has 0 aliphatic rings. The Kier molecular flexibility index (Phi) is 3.94. The molecule has 1 N–H and O–H groups in total. The molecule has 0 bridgehead atoms. The summed E-state index contributed by atoms with van der Waals surface area (Å²) in [4.78, 5) is 4.18. The molecule has 19 heavy (non-hydrogen) atoms. The van der Waals surface area contributed by atoms with Crippen molar-refractivity contribution in [2.45, 2.75) is 19.4 Å². The van der Waals surface area contributed by atoms with Crippen LogP contribution in [0.5, 0.6) is 0 Å². The zero-order chi connectivity index (χ0) is 13.8. The summed E-state index contributed by atoms with van der Waals surface area (Å²) in [5, 5.41) is 9.34. The Morgan fingerprint density at radius 1 is 1.37 bits per heavy atom. The molecule has 0 aliphatic carbocycles. The maximum Gasteiger partial charge on any atom is 0.131 e. The second-order valence-electron chi connectivity index (χ2n) is 4.41. The van der Waals surface area contributed by atoms with Crippen LogP contribution >= 0.6 is 0 Å². The SMILES string of the molecule is C#CC(O)Cc1ccc(-c2ccc(C)cc2F)cn1. The van der Waals surface area contributed by atoms with Gasteiger partial charge in [0.15, 0.2) is 0 Å². The van der Waals surface area contributed by atoms with Crippen molar-refractivity contribution in [2.75, 3.05) is 0 Å². The predicted molar refractivity (Wildman–Crippen MR) is 72.9 cm³/mol. The molecule has 0 aliphatic heterocycles. The Balaban J connectivity index is 2.25. The highest BCUT2D eigenvalue weighted by molar-refractivity contribution is 5.63. The molecule has 2 rings (SSSR count). The molecular weight excluding hydrogens is 241 g/mol. The molecule has 0 amide bonds. The van der Waals surface area contributed by atoms with E-state index in [1.807, 2.05) is 13.0 Å². The number of aryl methyl sites for hydroxylation is 1. The molecule has 1 aromatic heterocycles. The van der Waals surface area contributed by atoms with Gasteiger partial charge in [-0.1, -0.05) is 24.1 Å². The molecule has 96 valence electrons. The number of aliphatic hydroxyl groups excluding tert-OH is 1. The van der Waals surface area contributed by atoms with E-state index in [1.54, 1.807) is 24.4 Å². The first-order valence-corrected chi connectivity index (χ1v) is 5.96. The van der Waals surface area contributed by atoms with E-state index >= 15 is 0 Å². The lowest BCUT2D eigenvalue weighted by atomic mass is 10.0. The maximum atomic E-state index is 13.8. The summed E-state index contributed by atoms with van der Waals surface area (Å²) in [7, 11) is 0. The normalized spacial score (nSPS) is 11.9. The Hall–Kier alpha value is -2.18. The van der Waals surface area contributed by atoms with E-state index in [9.17, 15) is 9.50 Å². The van der Waals surface area contributed by atoms with E-state index in [0.29, 0.717) is 23.2 Å². The van der Waals surface area contributed by atoms with Gasteiger partial charge in [-0.25, -0.2) is 4.39 Å². The van der Waals surface area contributed by atoms with Crippen molar-refractivity contribution in [2.24, 2.45) is 0 Å². The van der Waals surface area contributed by atoms with E-state index in [4.69, 9.17) is 6.42 Å². The zero-order valence-electron chi connectivity index (χ0n) is 10.6. The summed E-state index contributed by atoms with van der Waals surface area (Å²) in [5.41, 5.74) is 2.78. The molecule has 1 atom stereocenters. The molecule has 0 saturated carbocycles. The van der Waals surface area contributed by atoms with Crippen LogP contribution < -0.4 is 0 Å². The van der Waals surface area contributed by atoms with Gasteiger partial charge in [-0.05, 0) is 24.6 Å². The molecule has 1 heterocycles. The number of aliphatic hydroxyl groups is 1. The zero-order valence-corrected chi connectivity index (χ0v) is 10.6. The Bertz CT molecular complexity index is 614. The monoisotopic (exact) mass is 255 g/mol. The molecule has 2 nitrogen and oxygen atoms in total. The Labute approximate surface area is 111 Å². The number of halogens is 1. The third-order valence-corrected chi connectivity index (χ3v) is 2.86. The highest BCUT2D eigenvalue weighted by Crippen LogP contribution is 2.23. The molecule has 0 fully saturated rings. The van der Waals surface area contributed by atoms with Crippen LogP contribution in [0.25, 0.3) is 11.1 Å². The second-order valence-corrected chi connectivity index (χ2v) is 4.41. The minimum atomic E-state index is -0.838. The van der Waals surface area contributed by atoms with Crippen LogP contribution in [0.15, 0.2) is 36.5 Å². The van der Waals surface area contributed by atoms with E-state index in [0.717, 1.165) is 5.56 Å². The highest BCUT2D eigenvalue weighted by atomic mass is 19.1. The van der Waals surface area contributed by atoms with Gasteiger partial charge in [0.05, 0.1) is 0 Å². The van der Waals surface area contributed by atoms with Crippen LogP contribution in [0.1, 0.15) is 11.3 Å². The number of terminal acetylenes is 1. The number of hydrogen-bond donors (Lipinski definition) is 1. The Morgan fingerprint density at radius 3 is 2.74 bits per heavy atom. The van der Waals surface area contributed by atoms with E-state index in [-0.39, 0.29) is 5.82 Å². The first kappa shape index (κ1) is 13.3. The fourth-order valence-corrected chi connectivity index (χ4v) is 1.82. The molecule has 0 spiro atoms. The third kappa shape index (κ3) is 3.18. The molecule has 0 saturated heterocycles. The van der Waals surface area contributed by atoms with Crippen molar-refractivity contribution < 1.29 is 9.50 Å². The standard InChI is InChI=1S/C16H14FNO/c1-3-14(19)9-13-6-5-12(10-18-13)15-7-4-11(2)8-16(15)17/h1,4-8,10,14,19H,9H2,2H3. The van der Waals surface area contributed by atoms with E-state index in [1.165, 1.54) is 6.07 Å². The molecule has 3 heteroatoms. The van der Waals surface area contributed by atoms with Crippen LogP contribution in [0.2, 0.25) is 0 Å². The summed E-state index contributed by atoms with van der Waals surface area (Å²) in [6.45, 7) is 1.84. The number of pyridine rings is 1. The maximum absolute atomic E-state index is 13.8. The summed E-state index contributed by atoms with van der Waals surface area (Å²) >= 11 is 0. The van der Waals surface area contributed by atoms with Gasteiger partial charge >= 0.3 is 0 Å². The summed E-state index contributed by atoms with van der Waals surface area (Å²) in [6, 6.07) is 8.60. The van der Waals surface area contributed by atoms with Gasteiger partial charge in [0.1, 0.15) is 11.9 Å².